The Kier molecular flexibility index (Phi) is 3.92. The van der Waals surface area contributed by atoms with E-state index in [0.717, 1.165) is 67.5 Å². The fraction of sp³-hybridized carbons (Fsp3) is 0.529. The number of hydrogen-bond donors (Lipinski definition) is 1. The molecule has 24 heavy (non-hydrogen) atoms. The zero-order valence-electron chi connectivity index (χ0n) is 13.5. The van der Waals surface area contributed by atoms with Gasteiger partial charge < -0.3 is 9.84 Å². The Morgan fingerprint density at radius 1 is 1.21 bits per heavy atom. The molecule has 2 aliphatic carbocycles. The van der Waals surface area contributed by atoms with Crippen molar-refractivity contribution in [2.24, 2.45) is 0 Å². The van der Waals surface area contributed by atoms with Crippen molar-refractivity contribution in [3.05, 3.63) is 44.7 Å². The van der Waals surface area contributed by atoms with Crippen LogP contribution in [0.1, 0.15) is 52.3 Å². The quantitative estimate of drug-likeness (QED) is 0.905. The summed E-state index contributed by atoms with van der Waals surface area (Å²) < 4.78 is 6.70. The molecule has 0 unspecified atom stereocenters. The minimum absolute atomic E-state index is 0.108. The van der Waals surface area contributed by atoms with Gasteiger partial charge in [-0.25, -0.2) is 4.68 Å². The van der Waals surface area contributed by atoms with Crippen molar-refractivity contribution in [2.45, 2.75) is 51.5 Å². The molecule has 0 spiro atoms. The molecule has 0 aliphatic heterocycles. The summed E-state index contributed by atoms with van der Waals surface area (Å²) in [5.41, 5.74) is 3.29. The van der Waals surface area contributed by atoms with E-state index in [0.29, 0.717) is 18.8 Å². The lowest BCUT2D eigenvalue weighted by Gasteiger charge is -2.10. The predicted molar refractivity (Wildman–Crippen MR) is 86.0 cm³/mol. The van der Waals surface area contributed by atoms with Crippen molar-refractivity contribution < 1.29 is 9.32 Å². The van der Waals surface area contributed by atoms with Crippen LogP contribution in [0.4, 0.5) is 0 Å². The molecule has 0 fully saturated rings. The SMILES string of the molecule is O=C(NCCn1nc2c(cc1=O)CCC2)c1noc2c1CCCC2. The van der Waals surface area contributed by atoms with Gasteiger partial charge in [0.2, 0.25) is 0 Å². The third-order valence-electron chi connectivity index (χ3n) is 4.80. The molecule has 2 heterocycles. The van der Waals surface area contributed by atoms with Gasteiger partial charge in [0, 0.05) is 24.6 Å². The van der Waals surface area contributed by atoms with Gasteiger partial charge in [-0.3, -0.25) is 9.59 Å². The molecule has 0 saturated heterocycles. The second-order valence-corrected chi connectivity index (χ2v) is 6.43. The maximum absolute atomic E-state index is 12.3. The first-order valence-electron chi connectivity index (χ1n) is 8.58. The monoisotopic (exact) mass is 328 g/mol. The number of nitrogens with zero attached hydrogens (tertiary/aromatic N) is 3. The van der Waals surface area contributed by atoms with E-state index in [9.17, 15) is 9.59 Å². The highest BCUT2D eigenvalue weighted by Gasteiger charge is 2.23. The van der Waals surface area contributed by atoms with Crippen LogP contribution in [0.15, 0.2) is 15.4 Å². The van der Waals surface area contributed by atoms with E-state index in [2.05, 4.69) is 15.6 Å². The molecular weight excluding hydrogens is 308 g/mol. The Balaban J connectivity index is 1.40. The van der Waals surface area contributed by atoms with Crippen LogP contribution in [0.2, 0.25) is 0 Å². The number of aromatic nitrogens is 3. The molecule has 1 N–H and O–H groups in total. The van der Waals surface area contributed by atoms with Crippen molar-refractivity contribution in [1.82, 2.24) is 20.3 Å². The zero-order chi connectivity index (χ0) is 16.5. The van der Waals surface area contributed by atoms with Crippen LogP contribution >= 0.6 is 0 Å². The smallest absolute Gasteiger partial charge is 0.273 e. The standard InChI is InChI=1S/C17H20N4O3/c22-15-10-11-4-3-6-13(11)19-21(15)9-8-18-17(23)16-12-5-1-2-7-14(12)24-20-16/h10H,1-9H2,(H,18,23). The number of fused-ring (bicyclic) bond motifs is 2. The van der Waals surface area contributed by atoms with E-state index < -0.39 is 0 Å². The summed E-state index contributed by atoms with van der Waals surface area (Å²) in [5.74, 6) is 0.596. The highest BCUT2D eigenvalue weighted by molar-refractivity contribution is 5.93. The van der Waals surface area contributed by atoms with E-state index >= 15 is 0 Å². The largest absolute Gasteiger partial charge is 0.360 e. The van der Waals surface area contributed by atoms with Crippen LogP contribution in [0, 0.1) is 0 Å². The molecule has 0 bridgehead atoms. The highest BCUT2D eigenvalue weighted by Crippen LogP contribution is 2.24. The van der Waals surface area contributed by atoms with E-state index in [-0.39, 0.29) is 11.5 Å². The number of rotatable bonds is 4. The molecule has 7 nitrogen and oxygen atoms in total. The molecular formula is C17H20N4O3. The van der Waals surface area contributed by atoms with Crippen LogP contribution in [-0.4, -0.2) is 27.4 Å². The number of nitrogens with one attached hydrogen (secondary N) is 1. The van der Waals surface area contributed by atoms with Crippen molar-refractivity contribution in [1.29, 1.82) is 0 Å². The van der Waals surface area contributed by atoms with Crippen molar-refractivity contribution in [2.75, 3.05) is 6.54 Å². The zero-order valence-corrected chi connectivity index (χ0v) is 13.5. The molecule has 0 aromatic carbocycles. The number of carbonyl (C=O) groups is 1. The third-order valence-corrected chi connectivity index (χ3v) is 4.80. The minimum Gasteiger partial charge on any atom is -0.360 e. The van der Waals surface area contributed by atoms with Crippen molar-refractivity contribution >= 4 is 5.91 Å². The summed E-state index contributed by atoms with van der Waals surface area (Å²) in [6.45, 7) is 0.698. The predicted octanol–water partition coefficient (Wildman–Crippen LogP) is 1.03. The summed E-state index contributed by atoms with van der Waals surface area (Å²) in [7, 11) is 0. The van der Waals surface area contributed by atoms with E-state index in [1.807, 2.05) is 0 Å². The highest BCUT2D eigenvalue weighted by atomic mass is 16.5. The maximum Gasteiger partial charge on any atom is 0.273 e. The average molecular weight is 328 g/mol. The maximum atomic E-state index is 12.3. The van der Waals surface area contributed by atoms with Gasteiger partial charge in [0.15, 0.2) is 5.69 Å². The summed E-state index contributed by atoms with van der Waals surface area (Å²) in [6, 6.07) is 1.67. The van der Waals surface area contributed by atoms with E-state index in [4.69, 9.17) is 4.52 Å². The van der Waals surface area contributed by atoms with E-state index in [1.54, 1.807) is 6.07 Å². The fourth-order valence-corrected chi connectivity index (χ4v) is 3.52. The van der Waals surface area contributed by atoms with Gasteiger partial charge >= 0.3 is 0 Å². The summed E-state index contributed by atoms with van der Waals surface area (Å²) in [6.07, 6.45) is 6.75. The van der Waals surface area contributed by atoms with Gasteiger partial charge in [-0.05, 0) is 44.1 Å². The van der Waals surface area contributed by atoms with Gasteiger partial charge in [-0.15, -0.1) is 0 Å². The summed E-state index contributed by atoms with van der Waals surface area (Å²) >= 11 is 0. The van der Waals surface area contributed by atoms with Gasteiger partial charge in [0.25, 0.3) is 11.5 Å². The second-order valence-electron chi connectivity index (χ2n) is 6.43. The first-order valence-corrected chi connectivity index (χ1v) is 8.58. The normalized spacial score (nSPS) is 15.8. The van der Waals surface area contributed by atoms with E-state index in [1.165, 1.54) is 4.68 Å². The lowest BCUT2D eigenvalue weighted by Crippen LogP contribution is -2.33. The van der Waals surface area contributed by atoms with Crippen molar-refractivity contribution in [3.8, 4) is 0 Å². The van der Waals surface area contributed by atoms with Crippen LogP contribution in [0.3, 0.4) is 0 Å². The topological polar surface area (TPSA) is 90.0 Å². The number of aryl methyl sites for hydroxylation is 3. The third kappa shape index (κ3) is 2.74. The van der Waals surface area contributed by atoms with Gasteiger partial charge in [0.05, 0.1) is 12.2 Å². The molecule has 7 heteroatoms. The molecule has 0 atom stereocenters. The molecule has 2 aliphatic rings. The number of carbonyl (C=O) groups excluding carboxylic acids is 1. The van der Waals surface area contributed by atoms with Crippen LogP contribution < -0.4 is 10.9 Å². The van der Waals surface area contributed by atoms with Gasteiger partial charge in [-0.1, -0.05) is 5.16 Å². The second kappa shape index (κ2) is 6.22. The summed E-state index contributed by atoms with van der Waals surface area (Å²) in [5, 5.41) is 11.1. The molecule has 126 valence electrons. The molecule has 2 aromatic rings. The average Bonchev–Trinajstić information content (AvgIpc) is 3.21. The lowest BCUT2D eigenvalue weighted by atomic mass is 9.96. The van der Waals surface area contributed by atoms with Crippen LogP contribution in [0.5, 0.6) is 0 Å². The van der Waals surface area contributed by atoms with Gasteiger partial charge in [0.1, 0.15) is 5.76 Å². The Morgan fingerprint density at radius 3 is 3.00 bits per heavy atom. The molecule has 0 saturated carbocycles. The number of hydrogen-bond acceptors (Lipinski definition) is 5. The minimum atomic E-state index is -0.240. The molecule has 1 amide bonds. The molecule has 0 radical (unpaired) electrons. The molecule has 4 rings (SSSR count). The van der Waals surface area contributed by atoms with Crippen molar-refractivity contribution in [3.63, 3.8) is 0 Å². The summed E-state index contributed by atoms with van der Waals surface area (Å²) in [4.78, 5) is 24.3. The van der Waals surface area contributed by atoms with Crippen LogP contribution in [0.25, 0.3) is 0 Å². The fourth-order valence-electron chi connectivity index (χ4n) is 3.52. The Hall–Kier alpha value is -2.44. The number of amides is 1. The lowest BCUT2D eigenvalue weighted by molar-refractivity contribution is 0.0942. The Bertz CT molecular complexity index is 837. The Morgan fingerprint density at radius 2 is 2.08 bits per heavy atom. The Labute approximate surface area is 139 Å². The van der Waals surface area contributed by atoms with Crippen LogP contribution in [-0.2, 0) is 32.2 Å². The first kappa shape index (κ1) is 15.1. The first-order chi connectivity index (χ1) is 11.7. The molecule has 2 aromatic heterocycles. The van der Waals surface area contributed by atoms with Gasteiger partial charge in [-0.2, -0.15) is 5.10 Å².